The van der Waals surface area contributed by atoms with Gasteiger partial charge in [0.05, 0.1) is 12.2 Å². The maximum atomic E-state index is 4.46. The SMILES string of the molecule is Cc1cc(Nc2ccnc(NCc3ccccn3)n2)ccc1Br. The zero-order chi connectivity index (χ0) is 16.1. The molecule has 0 unspecified atom stereocenters. The van der Waals surface area contributed by atoms with E-state index >= 15 is 0 Å². The van der Waals surface area contributed by atoms with Crippen molar-refractivity contribution >= 4 is 33.4 Å². The van der Waals surface area contributed by atoms with Gasteiger partial charge in [-0.1, -0.05) is 22.0 Å². The van der Waals surface area contributed by atoms with Gasteiger partial charge in [-0.2, -0.15) is 4.98 Å². The summed E-state index contributed by atoms with van der Waals surface area (Å²) in [5, 5.41) is 6.46. The smallest absolute Gasteiger partial charge is 0.224 e. The van der Waals surface area contributed by atoms with Crippen LogP contribution >= 0.6 is 15.9 Å². The van der Waals surface area contributed by atoms with Gasteiger partial charge in [-0.05, 0) is 48.9 Å². The quantitative estimate of drug-likeness (QED) is 0.701. The van der Waals surface area contributed by atoms with E-state index in [2.05, 4.69) is 54.5 Å². The number of benzene rings is 1. The third-order valence-electron chi connectivity index (χ3n) is 3.24. The van der Waals surface area contributed by atoms with Crippen molar-refractivity contribution in [1.82, 2.24) is 15.0 Å². The van der Waals surface area contributed by atoms with E-state index in [0.29, 0.717) is 12.5 Å². The Morgan fingerprint density at radius 2 is 1.96 bits per heavy atom. The van der Waals surface area contributed by atoms with Gasteiger partial charge >= 0.3 is 0 Å². The maximum absolute atomic E-state index is 4.46. The summed E-state index contributed by atoms with van der Waals surface area (Å²) >= 11 is 3.50. The van der Waals surface area contributed by atoms with Gasteiger partial charge in [0.25, 0.3) is 0 Å². The molecule has 2 heterocycles. The Morgan fingerprint density at radius 3 is 2.74 bits per heavy atom. The van der Waals surface area contributed by atoms with Crippen LogP contribution in [-0.4, -0.2) is 15.0 Å². The molecular formula is C17H16BrN5. The minimum Gasteiger partial charge on any atom is -0.349 e. The van der Waals surface area contributed by atoms with E-state index in [4.69, 9.17) is 0 Å². The zero-order valence-corrected chi connectivity index (χ0v) is 14.2. The minimum atomic E-state index is 0.564. The van der Waals surface area contributed by atoms with E-state index in [9.17, 15) is 0 Å². The van der Waals surface area contributed by atoms with Gasteiger partial charge in [-0.15, -0.1) is 0 Å². The number of nitrogens with one attached hydrogen (secondary N) is 2. The van der Waals surface area contributed by atoms with Crippen molar-refractivity contribution in [3.63, 3.8) is 0 Å². The Bertz CT molecular complexity index is 792. The lowest BCUT2D eigenvalue weighted by Crippen LogP contribution is -2.06. The number of halogens is 1. The molecular weight excluding hydrogens is 354 g/mol. The second kappa shape index (κ2) is 7.19. The molecule has 0 fully saturated rings. The predicted octanol–water partition coefficient (Wildman–Crippen LogP) is 4.30. The lowest BCUT2D eigenvalue weighted by molar-refractivity contribution is 1.00. The third-order valence-corrected chi connectivity index (χ3v) is 4.13. The average Bonchev–Trinajstić information content (AvgIpc) is 2.58. The maximum Gasteiger partial charge on any atom is 0.224 e. The molecule has 0 atom stereocenters. The van der Waals surface area contributed by atoms with Gasteiger partial charge in [0.1, 0.15) is 5.82 Å². The van der Waals surface area contributed by atoms with Crippen LogP contribution in [-0.2, 0) is 6.54 Å². The van der Waals surface area contributed by atoms with Crippen molar-refractivity contribution in [1.29, 1.82) is 0 Å². The number of hydrogen-bond acceptors (Lipinski definition) is 5. The van der Waals surface area contributed by atoms with Crippen LogP contribution in [0.4, 0.5) is 17.5 Å². The molecule has 0 amide bonds. The molecule has 0 aliphatic rings. The zero-order valence-electron chi connectivity index (χ0n) is 12.6. The summed E-state index contributed by atoms with van der Waals surface area (Å²) in [5.74, 6) is 1.31. The van der Waals surface area contributed by atoms with Crippen molar-refractivity contribution in [2.24, 2.45) is 0 Å². The van der Waals surface area contributed by atoms with Gasteiger partial charge in [0.2, 0.25) is 5.95 Å². The molecule has 116 valence electrons. The molecule has 5 nitrogen and oxygen atoms in total. The molecule has 0 saturated heterocycles. The summed E-state index contributed by atoms with van der Waals surface area (Å²) in [5.41, 5.74) is 3.09. The largest absolute Gasteiger partial charge is 0.349 e. The molecule has 1 aromatic carbocycles. The molecule has 3 aromatic rings. The van der Waals surface area contributed by atoms with E-state index < -0.39 is 0 Å². The Labute approximate surface area is 143 Å². The molecule has 23 heavy (non-hydrogen) atoms. The second-order valence-electron chi connectivity index (χ2n) is 5.03. The highest BCUT2D eigenvalue weighted by Gasteiger charge is 2.02. The summed E-state index contributed by atoms with van der Waals surface area (Å²) in [4.78, 5) is 13.0. The topological polar surface area (TPSA) is 62.7 Å². The van der Waals surface area contributed by atoms with E-state index in [-0.39, 0.29) is 0 Å². The van der Waals surface area contributed by atoms with Gasteiger partial charge in [0.15, 0.2) is 0 Å². The Morgan fingerprint density at radius 1 is 1.04 bits per heavy atom. The lowest BCUT2D eigenvalue weighted by atomic mass is 10.2. The Kier molecular flexibility index (Phi) is 4.83. The lowest BCUT2D eigenvalue weighted by Gasteiger charge is -2.09. The summed E-state index contributed by atoms with van der Waals surface area (Å²) in [6, 6.07) is 13.7. The van der Waals surface area contributed by atoms with Crippen molar-refractivity contribution in [3.8, 4) is 0 Å². The molecule has 0 radical (unpaired) electrons. The first-order chi connectivity index (χ1) is 11.2. The highest BCUT2D eigenvalue weighted by atomic mass is 79.9. The highest BCUT2D eigenvalue weighted by Crippen LogP contribution is 2.22. The van der Waals surface area contributed by atoms with E-state index in [1.54, 1.807) is 12.4 Å². The molecule has 6 heteroatoms. The van der Waals surface area contributed by atoms with E-state index in [1.165, 1.54) is 0 Å². The summed E-state index contributed by atoms with van der Waals surface area (Å²) in [7, 11) is 0. The normalized spacial score (nSPS) is 10.3. The molecule has 0 aliphatic carbocycles. The van der Waals surface area contributed by atoms with Gasteiger partial charge < -0.3 is 10.6 Å². The average molecular weight is 370 g/mol. The van der Waals surface area contributed by atoms with Crippen molar-refractivity contribution in [2.75, 3.05) is 10.6 Å². The fourth-order valence-electron chi connectivity index (χ4n) is 2.06. The number of aryl methyl sites for hydroxylation is 1. The highest BCUT2D eigenvalue weighted by molar-refractivity contribution is 9.10. The van der Waals surface area contributed by atoms with Gasteiger partial charge in [-0.25, -0.2) is 4.98 Å². The van der Waals surface area contributed by atoms with E-state index in [0.717, 1.165) is 27.2 Å². The standard InChI is InChI=1S/C17H16BrN5/c1-12-10-13(5-6-15(12)18)22-16-7-9-20-17(23-16)21-11-14-4-2-3-8-19-14/h2-10H,11H2,1H3,(H2,20,21,22,23). The third kappa shape index (κ3) is 4.26. The van der Waals surface area contributed by atoms with Gasteiger partial charge in [0, 0.05) is 22.6 Å². The van der Waals surface area contributed by atoms with Crippen LogP contribution in [0.5, 0.6) is 0 Å². The summed E-state index contributed by atoms with van der Waals surface area (Å²) in [6.07, 6.45) is 3.49. The van der Waals surface area contributed by atoms with Crippen LogP contribution < -0.4 is 10.6 Å². The number of nitrogens with zero attached hydrogens (tertiary/aromatic N) is 3. The second-order valence-corrected chi connectivity index (χ2v) is 5.88. The molecule has 2 N–H and O–H groups in total. The molecule has 0 spiro atoms. The minimum absolute atomic E-state index is 0.564. The molecule has 0 bridgehead atoms. The number of aromatic nitrogens is 3. The molecule has 2 aromatic heterocycles. The first kappa shape index (κ1) is 15.4. The van der Waals surface area contributed by atoms with Crippen LogP contribution in [0.2, 0.25) is 0 Å². The van der Waals surface area contributed by atoms with Crippen molar-refractivity contribution < 1.29 is 0 Å². The molecule has 3 rings (SSSR count). The fraction of sp³-hybridized carbons (Fsp3) is 0.118. The first-order valence-electron chi connectivity index (χ1n) is 7.21. The predicted molar refractivity (Wildman–Crippen MR) is 95.8 cm³/mol. The molecule has 0 saturated carbocycles. The number of hydrogen-bond donors (Lipinski definition) is 2. The number of anilines is 3. The van der Waals surface area contributed by atoms with E-state index in [1.807, 2.05) is 36.4 Å². The monoisotopic (exact) mass is 369 g/mol. The van der Waals surface area contributed by atoms with Crippen LogP contribution in [0.1, 0.15) is 11.3 Å². The molecule has 0 aliphatic heterocycles. The van der Waals surface area contributed by atoms with Crippen LogP contribution in [0.15, 0.2) is 59.3 Å². The van der Waals surface area contributed by atoms with Gasteiger partial charge in [-0.3, -0.25) is 4.98 Å². The summed E-state index contributed by atoms with van der Waals surface area (Å²) < 4.78 is 1.09. The fourth-order valence-corrected chi connectivity index (χ4v) is 2.30. The van der Waals surface area contributed by atoms with Crippen molar-refractivity contribution in [2.45, 2.75) is 13.5 Å². The number of rotatable bonds is 5. The van der Waals surface area contributed by atoms with Crippen LogP contribution in [0.25, 0.3) is 0 Å². The van der Waals surface area contributed by atoms with Crippen molar-refractivity contribution in [3.05, 3.63) is 70.6 Å². The number of pyridine rings is 1. The Hall–Kier alpha value is -2.47. The first-order valence-corrected chi connectivity index (χ1v) is 8.00. The van der Waals surface area contributed by atoms with Crippen LogP contribution in [0.3, 0.4) is 0 Å². The van der Waals surface area contributed by atoms with Crippen LogP contribution in [0, 0.1) is 6.92 Å². The summed E-state index contributed by atoms with van der Waals surface area (Å²) in [6.45, 7) is 2.64. The Balaban J connectivity index is 1.68.